The van der Waals surface area contributed by atoms with Crippen LogP contribution in [0, 0.1) is 6.92 Å². The number of hydrogen-bond acceptors (Lipinski definition) is 5. The molecule has 1 aromatic carbocycles. The summed E-state index contributed by atoms with van der Waals surface area (Å²) in [6.07, 6.45) is 0.762. The molecule has 2 aromatic rings. The number of aromatic amines is 1. The molecule has 0 fully saturated rings. The molecule has 8 heteroatoms. The molecule has 0 aliphatic carbocycles. The van der Waals surface area contributed by atoms with Crippen molar-refractivity contribution in [2.45, 2.75) is 6.92 Å². The van der Waals surface area contributed by atoms with Gasteiger partial charge in [0.1, 0.15) is 5.56 Å². The number of aromatic hydroxyl groups is 1. The van der Waals surface area contributed by atoms with Crippen LogP contribution < -0.4 is 11.2 Å². The molecule has 0 bridgehead atoms. The summed E-state index contributed by atoms with van der Waals surface area (Å²) in [5.74, 6) is -0.595. The highest BCUT2D eigenvalue weighted by molar-refractivity contribution is 9.10. The zero-order valence-corrected chi connectivity index (χ0v) is 11.9. The third-order valence-corrected chi connectivity index (χ3v) is 3.20. The summed E-state index contributed by atoms with van der Waals surface area (Å²) in [5, 5.41) is 21.3. The summed E-state index contributed by atoms with van der Waals surface area (Å²) in [7, 11) is 0. The minimum Gasteiger partial charge on any atom is -0.493 e. The maximum atomic E-state index is 11.9. The molecule has 0 spiro atoms. The molecule has 1 heterocycles. The highest BCUT2D eigenvalue weighted by atomic mass is 79.9. The molecule has 0 unspecified atom stereocenters. The van der Waals surface area contributed by atoms with Crippen LogP contribution >= 0.6 is 15.9 Å². The van der Waals surface area contributed by atoms with Crippen LogP contribution in [0.2, 0.25) is 0 Å². The van der Waals surface area contributed by atoms with Crippen LogP contribution in [0.5, 0.6) is 5.88 Å². The van der Waals surface area contributed by atoms with Crippen molar-refractivity contribution in [2.24, 2.45) is 5.16 Å². The van der Waals surface area contributed by atoms with Crippen LogP contribution in [0.15, 0.2) is 37.4 Å². The third-order valence-electron chi connectivity index (χ3n) is 2.71. The lowest BCUT2D eigenvalue weighted by Crippen LogP contribution is -2.31. The lowest BCUT2D eigenvalue weighted by atomic mass is 10.2. The Morgan fingerprint density at radius 3 is 2.70 bits per heavy atom. The third kappa shape index (κ3) is 2.37. The molecule has 0 aliphatic heterocycles. The van der Waals surface area contributed by atoms with Gasteiger partial charge in [0.05, 0.1) is 11.9 Å². The Bertz CT molecular complexity index is 807. The maximum Gasteiger partial charge on any atom is 0.335 e. The first-order valence-corrected chi connectivity index (χ1v) is 6.27. The van der Waals surface area contributed by atoms with Crippen molar-refractivity contribution in [3.8, 4) is 11.6 Å². The Labute approximate surface area is 120 Å². The Hall–Kier alpha value is -2.35. The number of rotatable bonds is 2. The molecule has 0 saturated heterocycles. The van der Waals surface area contributed by atoms with Crippen molar-refractivity contribution in [3.63, 3.8) is 0 Å². The minimum atomic E-state index is -0.837. The number of benzene rings is 1. The number of oxime groups is 1. The van der Waals surface area contributed by atoms with Crippen molar-refractivity contribution in [1.29, 1.82) is 0 Å². The Morgan fingerprint density at radius 2 is 2.10 bits per heavy atom. The second-order valence-electron chi connectivity index (χ2n) is 4.01. The molecule has 2 rings (SSSR count). The van der Waals surface area contributed by atoms with Crippen molar-refractivity contribution in [3.05, 3.63) is 54.6 Å². The van der Waals surface area contributed by atoms with Crippen LogP contribution in [-0.4, -0.2) is 26.1 Å². The van der Waals surface area contributed by atoms with E-state index in [9.17, 15) is 14.7 Å². The SMILES string of the molecule is Cc1cc(Br)ccc1-n1c(O)c(/C=N/O)c(=O)[nH]c1=O. The molecular weight excluding hydrogens is 330 g/mol. The number of H-pyrrole nitrogens is 1. The quantitative estimate of drug-likeness (QED) is 0.432. The number of halogens is 1. The number of nitrogens with zero attached hydrogens (tertiary/aromatic N) is 2. The van der Waals surface area contributed by atoms with Gasteiger partial charge in [0, 0.05) is 4.47 Å². The van der Waals surface area contributed by atoms with Gasteiger partial charge in [-0.15, -0.1) is 0 Å². The van der Waals surface area contributed by atoms with Gasteiger partial charge in [-0.25, -0.2) is 9.36 Å². The van der Waals surface area contributed by atoms with Gasteiger partial charge in [-0.1, -0.05) is 21.1 Å². The predicted molar refractivity (Wildman–Crippen MR) is 76.1 cm³/mol. The minimum absolute atomic E-state index is 0.311. The lowest BCUT2D eigenvalue weighted by Gasteiger charge is -2.12. The predicted octanol–water partition coefficient (Wildman–Crippen LogP) is 1.11. The molecule has 0 amide bonds. The molecule has 0 aliphatic rings. The molecule has 0 radical (unpaired) electrons. The van der Waals surface area contributed by atoms with E-state index in [1.165, 1.54) is 0 Å². The van der Waals surface area contributed by atoms with Crippen LogP contribution in [0.25, 0.3) is 5.69 Å². The van der Waals surface area contributed by atoms with Gasteiger partial charge in [0.2, 0.25) is 5.88 Å². The number of hydrogen-bond donors (Lipinski definition) is 3. The van der Waals surface area contributed by atoms with Gasteiger partial charge >= 0.3 is 5.69 Å². The molecule has 104 valence electrons. The molecule has 0 atom stereocenters. The molecule has 20 heavy (non-hydrogen) atoms. The normalized spacial score (nSPS) is 11.1. The first-order chi connectivity index (χ1) is 9.45. The number of aryl methyl sites for hydroxylation is 1. The van der Waals surface area contributed by atoms with E-state index >= 15 is 0 Å². The smallest absolute Gasteiger partial charge is 0.335 e. The highest BCUT2D eigenvalue weighted by Crippen LogP contribution is 2.22. The van der Waals surface area contributed by atoms with Crippen LogP contribution in [-0.2, 0) is 0 Å². The lowest BCUT2D eigenvalue weighted by molar-refractivity contribution is 0.321. The van der Waals surface area contributed by atoms with Crippen LogP contribution in [0.1, 0.15) is 11.1 Å². The second kappa shape index (κ2) is 5.33. The van der Waals surface area contributed by atoms with Gasteiger partial charge in [-0.3, -0.25) is 9.78 Å². The average Bonchev–Trinajstić information content (AvgIpc) is 2.37. The summed E-state index contributed by atoms with van der Waals surface area (Å²) < 4.78 is 1.74. The fourth-order valence-corrected chi connectivity index (χ4v) is 2.28. The Morgan fingerprint density at radius 1 is 1.40 bits per heavy atom. The number of aromatic nitrogens is 2. The van der Waals surface area contributed by atoms with Crippen molar-refractivity contribution < 1.29 is 10.3 Å². The van der Waals surface area contributed by atoms with Gasteiger partial charge in [0.25, 0.3) is 5.56 Å². The Kier molecular flexibility index (Phi) is 3.75. The molecule has 3 N–H and O–H groups in total. The van der Waals surface area contributed by atoms with E-state index in [1.54, 1.807) is 25.1 Å². The van der Waals surface area contributed by atoms with Crippen LogP contribution in [0.3, 0.4) is 0 Å². The topological polar surface area (TPSA) is 108 Å². The fraction of sp³-hybridized carbons (Fsp3) is 0.0833. The fourth-order valence-electron chi connectivity index (χ4n) is 1.81. The molecule has 1 aromatic heterocycles. The summed E-state index contributed by atoms with van der Waals surface area (Å²) >= 11 is 3.29. The summed E-state index contributed by atoms with van der Waals surface area (Å²) in [4.78, 5) is 25.5. The summed E-state index contributed by atoms with van der Waals surface area (Å²) in [6.45, 7) is 1.75. The van der Waals surface area contributed by atoms with Crippen molar-refractivity contribution >= 4 is 22.1 Å². The molecular formula is C12H10BrN3O4. The van der Waals surface area contributed by atoms with E-state index in [4.69, 9.17) is 5.21 Å². The van der Waals surface area contributed by atoms with Gasteiger partial charge in [-0.05, 0) is 30.7 Å². The second-order valence-corrected chi connectivity index (χ2v) is 4.92. The monoisotopic (exact) mass is 339 g/mol. The standard InChI is InChI=1S/C12H10BrN3O4/c1-6-4-7(13)2-3-9(6)16-11(18)8(5-14-20)10(17)15-12(16)19/h2-5,18,20H,1H3,(H,15,17,19)/b14-5+. The van der Waals surface area contributed by atoms with E-state index in [0.717, 1.165) is 15.3 Å². The average molecular weight is 340 g/mol. The van der Waals surface area contributed by atoms with E-state index in [-0.39, 0.29) is 5.56 Å². The van der Waals surface area contributed by atoms with E-state index in [2.05, 4.69) is 26.1 Å². The molecule has 7 nitrogen and oxygen atoms in total. The first-order valence-electron chi connectivity index (χ1n) is 5.48. The maximum absolute atomic E-state index is 11.9. The molecule has 0 saturated carbocycles. The van der Waals surface area contributed by atoms with Gasteiger partial charge in [0.15, 0.2) is 0 Å². The largest absolute Gasteiger partial charge is 0.493 e. The van der Waals surface area contributed by atoms with Crippen LogP contribution in [0.4, 0.5) is 0 Å². The number of nitrogens with one attached hydrogen (secondary N) is 1. The van der Waals surface area contributed by atoms with Gasteiger partial charge < -0.3 is 10.3 Å². The van der Waals surface area contributed by atoms with E-state index in [1.807, 2.05) is 0 Å². The van der Waals surface area contributed by atoms with E-state index < -0.39 is 17.1 Å². The van der Waals surface area contributed by atoms with Crippen molar-refractivity contribution in [2.75, 3.05) is 0 Å². The zero-order chi connectivity index (χ0) is 14.9. The highest BCUT2D eigenvalue weighted by Gasteiger charge is 2.15. The van der Waals surface area contributed by atoms with Crippen molar-refractivity contribution in [1.82, 2.24) is 9.55 Å². The van der Waals surface area contributed by atoms with E-state index in [0.29, 0.717) is 11.3 Å². The summed E-state index contributed by atoms with van der Waals surface area (Å²) in [6, 6.07) is 5.06. The Balaban J connectivity index is 2.84. The van der Waals surface area contributed by atoms with Gasteiger partial charge in [-0.2, -0.15) is 0 Å². The first kappa shape index (κ1) is 14.1. The zero-order valence-electron chi connectivity index (χ0n) is 10.3. The summed E-state index contributed by atoms with van der Waals surface area (Å²) in [5.41, 5.74) is -0.825.